The van der Waals surface area contributed by atoms with E-state index in [-0.39, 0.29) is 24.1 Å². The molecule has 0 radical (unpaired) electrons. The van der Waals surface area contributed by atoms with Crippen molar-refractivity contribution in [3.8, 4) is 5.69 Å². The molecule has 4 N–H and O–H groups in total. The Kier molecular flexibility index (Phi) is 4.17. The molecule has 0 spiro atoms. The van der Waals surface area contributed by atoms with Crippen molar-refractivity contribution in [2.75, 3.05) is 23.7 Å². The van der Waals surface area contributed by atoms with Gasteiger partial charge in [-0.05, 0) is 30.3 Å². The van der Waals surface area contributed by atoms with E-state index in [0.29, 0.717) is 46.5 Å². The first kappa shape index (κ1) is 16.3. The number of nitrogens with one attached hydrogen (secondary N) is 2. The summed E-state index contributed by atoms with van der Waals surface area (Å²) in [4.78, 5) is 12.4. The monoisotopic (exact) mass is 346 g/mol. The van der Waals surface area contributed by atoms with E-state index in [1.165, 1.54) is 6.07 Å². The molecule has 0 fully saturated rings. The first-order valence-electron chi connectivity index (χ1n) is 7.38. The van der Waals surface area contributed by atoms with Crippen molar-refractivity contribution < 1.29 is 9.18 Å². The van der Waals surface area contributed by atoms with E-state index < -0.39 is 0 Å². The molecule has 0 saturated heterocycles. The van der Waals surface area contributed by atoms with Gasteiger partial charge in [-0.2, -0.15) is 0 Å². The van der Waals surface area contributed by atoms with Gasteiger partial charge in [-0.15, -0.1) is 12.4 Å². The van der Waals surface area contributed by atoms with Crippen molar-refractivity contribution in [3.63, 3.8) is 0 Å². The Hall–Kier alpha value is -2.57. The molecule has 0 saturated carbocycles. The van der Waals surface area contributed by atoms with E-state index >= 15 is 0 Å². The van der Waals surface area contributed by atoms with Crippen LogP contribution in [-0.2, 0) is 0 Å². The van der Waals surface area contributed by atoms with E-state index in [2.05, 4.69) is 10.6 Å². The van der Waals surface area contributed by atoms with E-state index in [4.69, 9.17) is 5.73 Å². The quantitative estimate of drug-likeness (QED) is 0.679. The second-order valence-electron chi connectivity index (χ2n) is 5.42. The van der Waals surface area contributed by atoms with E-state index in [1.807, 2.05) is 29.1 Å². The summed E-state index contributed by atoms with van der Waals surface area (Å²) < 4.78 is 16.3. The van der Waals surface area contributed by atoms with Crippen molar-refractivity contribution in [1.29, 1.82) is 0 Å². The van der Waals surface area contributed by atoms with Crippen LogP contribution in [0.2, 0.25) is 0 Å². The minimum atomic E-state index is -0.361. The van der Waals surface area contributed by atoms with Crippen LogP contribution < -0.4 is 16.4 Å². The Morgan fingerprint density at radius 1 is 1.21 bits per heavy atom. The Morgan fingerprint density at radius 3 is 2.67 bits per heavy atom. The zero-order chi connectivity index (χ0) is 16.0. The zero-order valence-corrected chi connectivity index (χ0v) is 13.5. The Balaban J connectivity index is 0.00000169. The molecule has 7 heteroatoms. The Labute approximate surface area is 144 Å². The number of rotatable bonds is 4. The summed E-state index contributed by atoms with van der Waals surface area (Å²) in [5, 5.41) is 7.00. The SMILES string of the molecule is Cl.NCCNc1cc(-n2cccc2)c2c3c(ccc(F)c13)NC2=O. The fraction of sp³-hybridized carbons (Fsp3) is 0.118. The van der Waals surface area contributed by atoms with Gasteiger partial charge >= 0.3 is 0 Å². The van der Waals surface area contributed by atoms with E-state index in [1.54, 1.807) is 12.1 Å². The molecule has 5 nitrogen and oxygen atoms in total. The maximum Gasteiger partial charge on any atom is 0.258 e. The van der Waals surface area contributed by atoms with Gasteiger partial charge in [0, 0.05) is 41.9 Å². The number of carbonyl (C=O) groups is 1. The standard InChI is InChI=1S/C17H15FN4O.ClH/c18-10-3-4-11-15-14(10)12(20-6-5-19)9-13(16(15)17(23)21-11)22-7-1-2-8-22;/h1-4,7-9,20H,5-6,19H2,(H,21,23);1H. The lowest BCUT2D eigenvalue weighted by Gasteiger charge is -2.15. The first-order valence-corrected chi connectivity index (χ1v) is 7.38. The average Bonchev–Trinajstić information content (AvgIpc) is 3.18. The topological polar surface area (TPSA) is 72.1 Å². The number of amides is 1. The summed E-state index contributed by atoms with van der Waals surface area (Å²) in [5.41, 5.74) is 8.02. The molecule has 0 aliphatic carbocycles. The molecule has 4 rings (SSSR count). The molecule has 1 aromatic heterocycles. The highest BCUT2D eigenvalue weighted by atomic mass is 35.5. The molecule has 0 bridgehead atoms. The van der Waals surface area contributed by atoms with Crippen LogP contribution in [0.1, 0.15) is 10.4 Å². The summed E-state index contributed by atoms with van der Waals surface area (Å²) in [6, 6.07) is 8.52. The highest BCUT2D eigenvalue weighted by Gasteiger charge is 2.28. The minimum Gasteiger partial charge on any atom is -0.383 e. The second kappa shape index (κ2) is 6.14. The third kappa shape index (κ3) is 2.31. The minimum absolute atomic E-state index is 0. The number of nitrogens with zero attached hydrogens (tertiary/aromatic N) is 1. The fourth-order valence-corrected chi connectivity index (χ4v) is 3.07. The van der Waals surface area contributed by atoms with Crippen LogP contribution in [0.5, 0.6) is 0 Å². The average molecular weight is 347 g/mol. The van der Waals surface area contributed by atoms with Crippen molar-refractivity contribution in [1.82, 2.24) is 4.57 Å². The van der Waals surface area contributed by atoms with Crippen LogP contribution in [0.15, 0.2) is 42.7 Å². The first-order chi connectivity index (χ1) is 11.2. The van der Waals surface area contributed by atoms with E-state index in [0.717, 1.165) is 0 Å². The lowest BCUT2D eigenvalue weighted by atomic mass is 10.0. The number of nitrogens with two attached hydrogens (primary N) is 1. The van der Waals surface area contributed by atoms with Gasteiger partial charge in [0.25, 0.3) is 5.91 Å². The summed E-state index contributed by atoms with van der Waals surface area (Å²) in [7, 11) is 0. The molecule has 124 valence electrons. The molecular formula is C17H16ClFN4O. The van der Waals surface area contributed by atoms with Crippen LogP contribution in [0.4, 0.5) is 15.8 Å². The highest BCUT2D eigenvalue weighted by molar-refractivity contribution is 6.27. The number of carbonyl (C=O) groups excluding carboxylic acids is 1. The number of hydrogen-bond donors (Lipinski definition) is 3. The summed E-state index contributed by atoms with van der Waals surface area (Å²) in [6.45, 7) is 0.950. The number of benzene rings is 2. The van der Waals surface area contributed by atoms with Crippen LogP contribution in [0, 0.1) is 5.82 Å². The molecule has 0 unspecified atom stereocenters. The maximum absolute atomic E-state index is 14.4. The van der Waals surface area contributed by atoms with Crippen molar-refractivity contribution in [3.05, 3.63) is 54.1 Å². The normalized spacial score (nSPS) is 12.2. The number of hydrogen-bond acceptors (Lipinski definition) is 3. The molecule has 1 aliphatic heterocycles. The van der Waals surface area contributed by atoms with Gasteiger partial charge in [-0.25, -0.2) is 4.39 Å². The fourth-order valence-electron chi connectivity index (χ4n) is 3.07. The molecule has 24 heavy (non-hydrogen) atoms. The molecule has 1 amide bonds. The third-order valence-corrected chi connectivity index (χ3v) is 4.03. The van der Waals surface area contributed by atoms with Crippen molar-refractivity contribution in [2.45, 2.75) is 0 Å². The highest BCUT2D eigenvalue weighted by Crippen LogP contribution is 2.41. The molecule has 3 aromatic rings. The summed E-state index contributed by atoms with van der Waals surface area (Å²) in [6.07, 6.45) is 3.71. The Bertz CT molecular complexity index is 924. The molecular weight excluding hydrogens is 331 g/mol. The number of anilines is 2. The summed E-state index contributed by atoms with van der Waals surface area (Å²) in [5.74, 6) is -0.579. The maximum atomic E-state index is 14.4. The van der Waals surface area contributed by atoms with Crippen LogP contribution in [0.3, 0.4) is 0 Å². The largest absolute Gasteiger partial charge is 0.383 e. The van der Waals surface area contributed by atoms with Gasteiger partial charge in [0.15, 0.2) is 0 Å². The molecule has 1 aliphatic rings. The number of halogens is 2. The van der Waals surface area contributed by atoms with Crippen LogP contribution in [-0.4, -0.2) is 23.6 Å². The number of aromatic nitrogens is 1. The lowest BCUT2D eigenvalue weighted by molar-refractivity contribution is 0.103. The molecule has 2 aromatic carbocycles. The molecule has 0 atom stereocenters. The molecule has 2 heterocycles. The lowest BCUT2D eigenvalue weighted by Crippen LogP contribution is -2.14. The van der Waals surface area contributed by atoms with Gasteiger partial charge < -0.3 is 20.9 Å². The summed E-state index contributed by atoms with van der Waals surface area (Å²) >= 11 is 0. The second-order valence-corrected chi connectivity index (χ2v) is 5.42. The Morgan fingerprint density at radius 2 is 1.96 bits per heavy atom. The predicted molar refractivity (Wildman–Crippen MR) is 96.0 cm³/mol. The van der Waals surface area contributed by atoms with E-state index in [9.17, 15) is 9.18 Å². The third-order valence-electron chi connectivity index (χ3n) is 4.03. The van der Waals surface area contributed by atoms with Gasteiger partial charge in [-0.3, -0.25) is 4.79 Å². The van der Waals surface area contributed by atoms with Crippen LogP contribution >= 0.6 is 12.4 Å². The van der Waals surface area contributed by atoms with Crippen molar-refractivity contribution in [2.24, 2.45) is 5.73 Å². The van der Waals surface area contributed by atoms with Gasteiger partial charge in [0.05, 0.1) is 16.9 Å². The van der Waals surface area contributed by atoms with Crippen LogP contribution in [0.25, 0.3) is 16.5 Å². The smallest absolute Gasteiger partial charge is 0.258 e. The van der Waals surface area contributed by atoms with Gasteiger partial charge in [0.1, 0.15) is 5.82 Å². The van der Waals surface area contributed by atoms with Crippen molar-refractivity contribution >= 4 is 40.5 Å². The van der Waals surface area contributed by atoms with Gasteiger partial charge in [0.2, 0.25) is 0 Å². The zero-order valence-electron chi connectivity index (χ0n) is 12.7. The van der Waals surface area contributed by atoms with Gasteiger partial charge in [-0.1, -0.05) is 0 Å². The predicted octanol–water partition coefficient (Wildman–Crippen LogP) is 3.13.